The van der Waals surface area contributed by atoms with Crippen LogP contribution in [0.15, 0.2) is 6.33 Å². The monoisotopic (exact) mass is 238 g/mol. The first-order chi connectivity index (χ1) is 8.27. The highest BCUT2D eigenvalue weighted by molar-refractivity contribution is 4.85. The molecule has 0 spiro atoms. The van der Waals surface area contributed by atoms with Crippen LogP contribution in [0.25, 0.3) is 0 Å². The van der Waals surface area contributed by atoms with Crippen molar-refractivity contribution in [2.75, 3.05) is 13.1 Å². The van der Waals surface area contributed by atoms with E-state index in [0.717, 1.165) is 38.3 Å². The Bertz CT molecular complexity index is 295. The van der Waals surface area contributed by atoms with Crippen LogP contribution in [0.3, 0.4) is 0 Å². The Morgan fingerprint density at radius 1 is 1.35 bits per heavy atom. The third-order valence-electron chi connectivity index (χ3n) is 2.91. The fourth-order valence-corrected chi connectivity index (χ4v) is 1.88. The zero-order valence-electron chi connectivity index (χ0n) is 11.4. The lowest BCUT2D eigenvalue weighted by molar-refractivity contribution is 0.465. The van der Waals surface area contributed by atoms with E-state index in [2.05, 4.69) is 36.2 Å². The molecule has 1 aromatic heterocycles. The maximum atomic E-state index is 4.33. The van der Waals surface area contributed by atoms with Gasteiger partial charge in [-0.15, -0.1) is 0 Å². The molecule has 4 nitrogen and oxygen atoms in total. The van der Waals surface area contributed by atoms with Crippen molar-refractivity contribution in [2.24, 2.45) is 5.92 Å². The lowest BCUT2D eigenvalue weighted by Crippen LogP contribution is -2.22. The van der Waals surface area contributed by atoms with E-state index in [1.165, 1.54) is 12.8 Å². The molecule has 1 unspecified atom stereocenters. The van der Waals surface area contributed by atoms with Crippen LogP contribution in [-0.2, 0) is 13.0 Å². The molecule has 98 valence electrons. The van der Waals surface area contributed by atoms with Gasteiger partial charge in [0.25, 0.3) is 0 Å². The molecule has 1 heterocycles. The number of rotatable bonds is 9. The van der Waals surface area contributed by atoms with Gasteiger partial charge in [-0.2, -0.15) is 5.10 Å². The summed E-state index contributed by atoms with van der Waals surface area (Å²) in [5.74, 6) is 1.84. The molecule has 0 aliphatic carbocycles. The summed E-state index contributed by atoms with van der Waals surface area (Å²) < 4.78 is 2.03. The van der Waals surface area contributed by atoms with Gasteiger partial charge in [0.2, 0.25) is 0 Å². The van der Waals surface area contributed by atoms with Gasteiger partial charge in [0.1, 0.15) is 12.2 Å². The first kappa shape index (κ1) is 14.2. The molecule has 0 aliphatic heterocycles. The van der Waals surface area contributed by atoms with Gasteiger partial charge >= 0.3 is 0 Å². The molecule has 0 amide bonds. The van der Waals surface area contributed by atoms with Crippen LogP contribution in [0.2, 0.25) is 0 Å². The topological polar surface area (TPSA) is 42.7 Å². The molecule has 0 fully saturated rings. The summed E-state index contributed by atoms with van der Waals surface area (Å²) in [5.41, 5.74) is 0. The molecule has 0 bridgehead atoms. The van der Waals surface area contributed by atoms with Crippen molar-refractivity contribution >= 4 is 0 Å². The molecular formula is C13H26N4. The fraction of sp³-hybridized carbons (Fsp3) is 0.846. The van der Waals surface area contributed by atoms with Crippen LogP contribution < -0.4 is 5.32 Å². The maximum absolute atomic E-state index is 4.33. The molecule has 1 atom stereocenters. The number of aromatic nitrogens is 3. The minimum Gasteiger partial charge on any atom is -0.316 e. The maximum Gasteiger partial charge on any atom is 0.138 e. The van der Waals surface area contributed by atoms with Gasteiger partial charge in [-0.05, 0) is 38.3 Å². The molecule has 0 saturated heterocycles. The predicted molar refractivity (Wildman–Crippen MR) is 71.0 cm³/mol. The van der Waals surface area contributed by atoms with Crippen LogP contribution in [-0.4, -0.2) is 27.9 Å². The summed E-state index contributed by atoms with van der Waals surface area (Å²) >= 11 is 0. The van der Waals surface area contributed by atoms with Crippen molar-refractivity contribution in [3.05, 3.63) is 12.2 Å². The number of hydrogen-bond donors (Lipinski definition) is 1. The quantitative estimate of drug-likeness (QED) is 0.671. The first-order valence-corrected chi connectivity index (χ1v) is 6.85. The molecule has 4 heteroatoms. The SMILES string of the molecule is CCCNCC(C)CCc1ncnn1CCC. The lowest BCUT2D eigenvalue weighted by Gasteiger charge is -2.12. The highest BCUT2D eigenvalue weighted by atomic mass is 15.3. The van der Waals surface area contributed by atoms with E-state index >= 15 is 0 Å². The number of nitrogens with zero attached hydrogens (tertiary/aromatic N) is 3. The summed E-state index contributed by atoms with van der Waals surface area (Å²) in [6.07, 6.45) is 6.21. The molecule has 0 saturated carbocycles. The number of aryl methyl sites for hydroxylation is 2. The number of hydrogen-bond acceptors (Lipinski definition) is 3. The second kappa shape index (κ2) is 8.23. The summed E-state index contributed by atoms with van der Waals surface area (Å²) in [6.45, 7) is 9.88. The summed E-state index contributed by atoms with van der Waals surface area (Å²) in [4.78, 5) is 4.33. The van der Waals surface area contributed by atoms with Crippen LogP contribution in [0.1, 0.15) is 45.9 Å². The van der Waals surface area contributed by atoms with Crippen molar-refractivity contribution < 1.29 is 0 Å². The van der Waals surface area contributed by atoms with Crippen molar-refractivity contribution in [1.29, 1.82) is 0 Å². The van der Waals surface area contributed by atoms with Crippen LogP contribution in [0.4, 0.5) is 0 Å². The van der Waals surface area contributed by atoms with E-state index in [-0.39, 0.29) is 0 Å². The standard InChI is InChI=1S/C13H26N4/c1-4-8-14-10-12(3)6-7-13-15-11-16-17(13)9-5-2/h11-12,14H,4-10H2,1-3H3. The van der Waals surface area contributed by atoms with E-state index in [1.807, 2.05) is 4.68 Å². The van der Waals surface area contributed by atoms with Crippen LogP contribution >= 0.6 is 0 Å². The molecular weight excluding hydrogens is 212 g/mol. The van der Waals surface area contributed by atoms with Gasteiger partial charge < -0.3 is 5.32 Å². The Hall–Kier alpha value is -0.900. The highest BCUT2D eigenvalue weighted by Gasteiger charge is 2.07. The summed E-state index contributed by atoms with van der Waals surface area (Å²) in [6, 6.07) is 0. The molecule has 0 radical (unpaired) electrons. The van der Waals surface area contributed by atoms with E-state index in [1.54, 1.807) is 6.33 Å². The minimum atomic E-state index is 0.702. The Kier molecular flexibility index (Phi) is 6.86. The summed E-state index contributed by atoms with van der Waals surface area (Å²) in [5, 5.41) is 7.71. The molecule has 17 heavy (non-hydrogen) atoms. The predicted octanol–water partition coefficient (Wildman–Crippen LogP) is 2.26. The van der Waals surface area contributed by atoms with Gasteiger partial charge in [0, 0.05) is 13.0 Å². The zero-order valence-corrected chi connectivity index (χ0v) is 11.4. The van der Waals surface area contributed by atoms with Gasteiger partial charge in [-0.3, -0.25) is 4.68 Å². The lowest BCUT2D eigenvalue weighted by atomic mass is 10.1. The normalized spacial score (nSPS) is 12.9. The fourth-order valence-electron chi connectivity index (χ4n) is 1.88. The van der Waals surface area contributed by atoms with Crippen LogP contribution in [0, 0.1) is 5.92 Å². The Morgan fingerprint density at radius 3 is 2.88 bits per heavy atom. The summed E-state index contributed by atoms with van der Waals surface area (Å²) in [7, 11) is 0. The molecule has 1 aromatic rings. The van der Waals surface area contributed by atoms with E-state index < -0.39 is 0 Å². The molecule has 1 rings (SSSR count). The van der Waals surface area contributed by atoms with Gasteiger partial charge in [0.05, 0.1) is 0 Å². The second-order valence-electron chi connectivity index (χ2n) is 4.75. The second-order valence-corrected chi connectivity index (χ2v) is 4.75. The largest absolute Gasteiger partial charge is 0.316 e. The van der Waals surface area contributed by atoms with E-state index in [4.69, 9.17) is 0 Å². The number of nitrogens with one attached hydrogen (secondary N) is 1. The van der Waals surface area contributed by atoms with E-state index in [9.17, 15) is 0 Å². The van der Waals surface area contributed by atoms with Crippen molar-refractivity contribution in [1.82, 2.24) is 20.1 Å². The first-order valence-electron chi connectivity index (χ1n) is 6.85. The third-order valence-corrected chi connectivity index (χ3v) is 2.91. The zero-order chi connectivity index (χ0) is 12.5. The molecule has 0 aliphatic rings. The van der Waals surface area contributed by atoms with Crippen molar-refractivity contribution in [2.45, 2.75) is 53.0 Å². The van der Waals surface area contributed by atoms with Gasteiger partial charge in [-0.25, -0.2) is 4.98 Å². The average molecular weight is 238 g/mol. The van der Waals surface area contributed by atoms with E-state index in [0.29, 0.717) is 5.92 Å². The van der Waals surface area contributed by atoms with Gasteiger partial charge in [0.15, 0.2) is 0 Å². The smallest absolute Gasteiger partial charge is 0.138 e. The Labute approximate surface area is 105 Å². The Morgan fingerprint density at radius 2 is 2.18 bits per heavy atom. The van der Waals surface area contributed by atoms with Crippen LogP contribution in [0.5, 0.6) is 0 Å². The third kappa shape index (κ3) is 5.31. The molecule has 1 N–H and O–H groups in total. The molecule has 0 aromatic carbocycles. The Balaban J connectivity index is 2.26. The highest BCUT2D eigenvalue weighted by Crippen LogP contribution is 2.07. The minimum absolute atomic E-state index is 0.702. The average Bonchev–Trinajstić information content (AvgIpc) is 2.75. The van der Waals surface area contributed by atoms with Crippen molar-refractivity contribution in [3.8, 4) is 0 Å². The van der Waals surface area contributed by atoms with Gasteiger partial charge in [-0.1, -0.05) is 20.8 Å². The van der Waals surface area contributed by atoms with Crippen molar-refractivity contribution in [3.63, 3.8) is 0 Å².